The first-order valence-electron chi connectivity index (χ1n) is 9.54. The average molecular weight is 365 g/mol. The van der Waals surface area contributed by atoms with Crippen LogP contribution in [0.25, 0.3) is 0 Å². The fourth-order valence-electron chi connectivity index (χ4n) is 2.99. The number of hydrogen-bond acceptors (Lipinski definition) is 6. The lowest BCUT2D eigenvalue weighted by Crippen LogP contribution is -2.57. The first kappa shape index (κ1) is 22.2. The Bertz CT molecular complexity index is 303. The largest absolute Gasteiger partial charge is 0.394 e. The number of unbranched alkanes of at least 4 members (excludes halogenated alkanes) is 9. The topological polar surface area (TPSA) is 90.2 Å². The van der Waals surface area contributed by atoms with Crippen molar-refractivity contribution in [3.63, 3.8) is 0 Å². The highest BCUT2D eigenvalue weighted by molar-refractivity contribution is 7.99. The smallest absolute Gasteiger partial charge is 0.132 e. The van der Waals surface area contributed by atoms with Gasteiger partial charge in [0.25, 0.3) is 0 Å². The van der Waals surface area contributed by atoms with Gasteiger partial charge in [0.1, 0.15) is 29.9 Å². The van der Waals surface area contributed by atoms with E-state index in [1.807, 2.05) is 0 Å². The molecule has 4 N–H and O–H groups in total. The van der Waals surface area contributed by atoms with Crippen LogP contribution in [0.5, 0.6) is 0 Å². The Morgan fingerprint density at radius 2 is 1.29 bits per heavy atom. The molecule has 0 spiro atoms. The lowest BCUT2D eigenvalue weighted by molar-refractivity contribution is -0.205. The summed E-state index contributed by atoms with van der Waals surface area (Å²) in [4.78, 5) is 0. The molecule has 144 valence electrons. The number of aliphatic hydroxyl groups excluding tert-OH is 4. The molecule has 24 heavy (non-hydrogen) atoms. The molecule has 1 aliphatic rings. The Kier molecular flexibility index (Phi) is 12.4. The Labute approximate surface area is 150 Å². The molecule has 1 aliphatic heterocycles. The number of aliphatic hydroxyl groups is 4. The van der Waals surface area contributed by atoms with E-state index >= 15 is 0 Å². The standard InChI is InChI=1S/C18H36O5S/c1-2-3-4-5-6-7-8-9-10-11-12-24-18-17(22)16(21)15(20)14(13-19)23-18/h14-22H,2-13H2,1H3/t14-,15-,16+,17-,18-/m1/s1. The predicted molar refractivity (Wildman–Crippen MR) is 98.1 cm³/mol. The van der Waals surface area contributed by atoms with Crippen LogP contribution in [0.1, 0.15) is 71.1 Å². The highest BCUT2D eigenvalue weighted by Crippen LogP contribution is 2.29. The van der Waals surface area contributed by atoms with E-state index in [1.54, 1.807) is 0 Å². The third-order valence-electron chi connectivity index (χ3n) is 4.63. The van der Waals surface area contributed by atoms with Gasteiger partial charge in [-0.2, -0.15) is 0 Å². The summed E-state index contributed by atoms with van der Waals surface area (Å²) in [6.45, 7) is 1.88. The molecule has 1 fully saturated rings. The first-order valence-corrected chi connectivity index (χ1v) is 10.6. The van der Waals surface area contributed by atoms with E-state index in [-0.39, 0.29) is 6.61 Å². The van der Waals surface area contributed by atoms with Crippen LogP contribution in [0.3, 0.4) is 0 Å². The SMILES string of the molecule is CCCCCCCCCCCCS[C@H]1O[C@H](CO)[C@@H](O)[C@H](O)[C@H]1O. The number of rotatable bonds is 13. The van der Waals surface area contributed by atoms with Crippen LogP contribution in [-0.2, 0) is 4.74 Å². The third-order valence-corrected chi connectivity index (χ3v) is 5.87. The van der Waals surface area contributed by atoms with Gasteiger partial charge in [0, 0.05) is 0 Å². The van der Waals surface area contributed by atoms with Gasteiger partial charge in [-0.25, -0.2) is 0 Å². The highest BCUT2D eigenvalue weighted by atomic mass is 32.2. The molecule has 0 bridgehead atoms. The molecule has 0 aromatic carbocycles. The van der Waals surface area contributed by atoms with Gasteiger partial charge >= 0.3 is 0 Å². The Morgan fingerprint density at radius 3 is 1.83 bits per heavy atom. The maximum atomic E-state index is 9.95. The van der Waals surface area contributed by atoms with E-state index in [2.05, 4.69) is 6.92 Å². The van der Waals surface area contributed by atoms with Crippen LogP contribution in [0, 0.1) is 0 Å². The van der Waals surface area contributed by atoms with Crippen LogP contribution in [-0.4, -0.2) is 62.6 Å². The molecule has 0 aliphatic carbocycles. The van der Waals surface area contributed by atoms with Gasteiger partial charge < -0.3 is 25.2 Å². The summed E-state index contributed by atoms with van der Waals surface area (Å²) < 4.78 is 5.48. The minimum atomic E-state index is -1.26. The molecule has 6 heteroatoms. The van der Waals surface area contributed by atoms with E-state index in [0.717, 1.165) is 12.2 Å². The van der Waals surface area contributed by atoms with Crippen molar-refractivity contribution >= 4 is 11.8 Å². The van der Waals surface area contributed by atoms with E-state index < -0.39 is 29.9 Å². The van der Waals surface area contributed by atoms with Crippen LogP contribution >= 0.6 is 11.8 Å². The molecule has 5 nitrogen and oxygen atoms in total. The van der Waals surface area contributed by atoms with Gasteiger partial charge in [0.15, 0.2) is 0 Å². The number of thioether (sulfide) groups is 1. The van der Waals surface area contributed by atoms with Crippen molar-refractivity contribution in [3.05, 3.63) is 0 Å². The summed E-state index contributed by atoms with van der Waals surface area (Å²) >= 11 is 1.45. The Morgan fingerprint density at radius 1 is 0.750 bits per heavy atom. The zero-order valence-electron chi connectivity index (χ0n) is 15.0. The van der Waals surface area contributed by atoms with Crippen LogP contribution in [0.4, 0.5) is 0 Å². The second kappa shape index (κ2) is 13.4. The third kappa shape index (κ3) is 8.02. The summed E-state index contributed by atoms with van der Waals surface area (Å²) in [7, 11) is 0. The van der Waals surface area contributed by atoms with Crippen molar-refractivity contribution in [2.45, 2.75) is 101 Å². The fourth-order valence-corrected chi connectivity index (χ4v) is 4.18. The maximum Gasteiger partial charge on any atom is 0.132 e. The zero-order valence-corrected chi connectivity index (χ0v) is 15.8. The molecular formula is C18H36O5S. The van der Waals surface area contributed by atoms with Gasteiger partial charge in [-0.3, -0.25) is 0 Å². The fraction of sp³-hybridized carbons (Fsp3) is 1.00. The summed E-state index contributed by atoms with van der Waals surface area (Å²) in [6, 6.07) is 0. The van der Waals surface area contributed by atoms with Crippen molar-refractivity contribution in [1.82, 2.24) is 0 Å². The van der Waals surface area contributed by atoms with Gasteiger partial charge in [-0.05, 0) is 12.2 Å². The summed E-state index contributed by atoms with van der Waals surface area (Å²) in [5.74, 6) is 0.846. The van der Waals surface area contributed by atoms with Gasteiger partial charge in [-0.15, -0.1) is 11.8 Å². The van der Waals surface area contributed by atoms with Crippen molar-refractivity contribution in [3.8, 4) is 0 Å². The second-order valence-electron chi connectivity index (χ2n) is 6.75. The van der Waals surface area contributed by atoms with Crippen molar-refractivity contribution in [2.24, 2.45) is 0 Å². The summed E-state index contributed by atoms with van der Waals surface area (Å²) in [6.07, 6.45) is 8.36. The first-order chi connectivity index (χ1) is 11.6. The molecule has 0 saturated carbocycles. The van der Waals surface area contributed by atoms with Gasteiger partial charge in [0.05, 0.1) is 6.61 Å². The normalized spacial score (nSPS) is 30.6. The average Bonchev–Trinajstić information content (AvgIpc) is 2.59. The summed E-state index contributed by atoms with van der Waals surface area (Å²) in [5, 5.41) is 38.6. The summed E-state index contributed by atoms with van der Waals surface area (Å²) in [5.41, 5.74) is -0.584. The van der Waals surface area contributed by atoms with E-state index in [0.29, 0.717) is 0 Å². The second-order valence-corrected chi connectivity index (χ2v) is 7.96. The maximum absolute atomic E-state index is 9.95. The molecule has 0 amide bonds. The molecule has 0 aromatic heterocycles. The Hall–Kier alpha value is 0.150. The lowest BCUT2D eigenvalue weighted by Gasteiger charge is -2.39. The lowest BCUT2D eigenvalue weighted by atomic mass is 10.0. The van der Waals surface area contributed by atoms with Gasteiger partial charge in [-0.1, -0.05) is 64.7 Å². The van der Waals surface area contributed by atoms with Crippen molar-refractivity contribution in [1.29, 1.82) is 0 Å². The minimum Gasteiger partial charge on any atom is -0.394 e. The molecule has 0 unspecified atom stereocenters. The van der Waals surface area contributed by atoms with Crippen LogP contribution in [0.15, 0.2) is 0 Å². The molecule has 1 saturated heterocycles. The number of hydrogen-bond donors (Lipinski definition) is 4. The molecule has 1 rings (SSSR count). The monoisotopic (exact) mass is 364 g/mol. The minimum absolute atomic E-state index is 0.361. The predicted octanol–water partition coefficient (Wildman–Crippen LogP) is 2.44. The van der Waals surface area contributed by atoms with Crippen LogP contribution < -0.4 is 0 Å². The molecule has 0 aromatic rings. The van der Waals surface area contributed by atoms with Crippen molar-refractivity contribution in [2.75, 3.05) is 12.4 Å². The quantitative estimate of drug-likeness (QED) is 0.375. The molecule has 5 atom stereocenters. The Balaban J connectivity index is 2.02. The van der Waals surface area contributed by atoms with E-state index in [9.17, 15) is 15.3 Å². The van der Waals surface area contributed by atoms with Gasteiger partial charge in [0.2, 0.25) is 0 Å². The zero-order chi connectivity index (χ0) is 17.8. The van der Waals surface area contributed by atoms with E-state index in [4.69, 9.17) is 9.84 Å². The van der Waals surface area contributed by atoms with E-state index in [1.165, 1.54) is 69.5 Å². The molecular weight excluding hydrogens is 328 g/mol. The number of ether oxygens (including phenoxy) is 1. The molecule has 0 radical (unpaired) electrons. The van der Waals surface area contributed by atoms with Crippen LogP contribution in [0.2, 0.25) is 0 Å². The van der Waals surface area contributed by atoms with Crippen molar-refractivity contribution < 1.29 is 25.2 Å². The molecule has 1 heterocycles. The highest BCUT2D eigenvalue weighted by Gasteiger charge is 2.43.